The average molecular weight is 281 g/mol. The van der Waals surface area contributed by atoms with Gasteiger partial charge in [0.05, 0.1) is 5.69 Å². The third kappa shape index (κ3) is 2.70. The van der Waals surface area contributed by atoms with Crippen LogP contribution < -0.4 is 10.6 Å². The Morgan fingerprint density at radius 3 is 2.79 bits per heavy atom. The molecule has 1 atom stereocenters. The zero-order valence-electron chi connectivity index (χ0n) is 10.3. The molecular weight excluding hydrogens is 266 g/mol. The second-order valence-corrected chi connectivity index (χ2v) is 6.08. The molecule has 6 nitrogen and oxygen atoms in total. The zero-order chi connectivity index (χ0) is 13.4. The molecule has 7 heteroatoms. The van der Waals surface area contributed by atoms with E-state index in [9.17, 15) is 9.59 Å². The first-order chi connectivity index (χ1) is 9.13. The molecule has 1 aromatic rings. The largest absolute Gasteiger partial charge is 0.480 e. The van der Waals surface area contributed by atoms with Crippen molar-refractivity contribution in [1.82, 2.24) is 10.3 Å². The lowest BCUT2D eigenvalue weighted by Gasteiger charge is -2.13. The standard InChI is InChI=1S/C12H15N3O3S/c16-10(17)9(6-4-5-6)14-11(18)15-12-13-7-2-1-3-8(7)19-12/h6,9H,1-5H2,(H,16,17)(H2,13,14,15,18). The van der Waals surface area contributed by atoms with Gasteiger partial charge in [-0.3, -0.25) is 5.32 Å². The second-order valence-electron chi connectivity index (χ2n) is 4.99. The fraction of sp³-hybridized carbons (Fsp3) is 0.583. The van der Waals surface area contributed by atoms with Crippen molar-refractivity contribution in [2.75, 3.05) is 5.32 Å². The Hall–Kier alpha value is -1.63. The highest BCUT2D eigenvalue weighted by atomic mass is 32.1. The number of hydrogen-bond donors (Lipinski definition) is 3. The minimum Gasteiger partial charge on any atom is -0.480 e. The molecule has 0 aromatic carbocycles. The van der Waals surface area contributed by atoms with Crippen LogP contribution in [-0.2, 0) is 17.6 Å². The molecule has 2 aliphatic rings. The van der Waals surface area contributed by atoms with Gasteiger partial charge in [0, 0.05) is 4.88 Å². The number of nitrogens with one attached hydrogen (secondary N) is 2. The highest BCUT2D eigenvalue weighted by Crippen LogP contribution is 2.33. The SMILES string of the molecule is O=C(Nc1nc2c(s1)CCC2)NC(C(=O)O)C1CC1. The molecular formula is C12H15N3O3S. The van der Waals surface area contributed by atoms with Crippen molar-refractivity contribution in [3.63, 3.8) is 0 Å². The predicted molar refractivity (Wildman–Crippen MR) is 70.4 cm³/mol. The summed E-state index contributed by atoms with van der Waals surface area (Å²) in [7, 11) is 0. The third-order valence-corrected chi connectivity index (χ3v) is 4.54. The minimum absolute atomic E-state index is 0.0737. The number of carboxylic acids is 1. The Labute approximate surface area is 114 Å². The van der Waals surface area contributed by atoms with Gasteiger partial charge in [-0.05, 0) is 38.0 Å². The summed E-state index contributed by atoms with van der Waals surface area (Å²) in [5.41, 5.74) is 1.07. The van der Waals surface area contributed by atoms with E-state index in [0.717, 1.165) is 37.8 Å². The Morgan fingerprint density at radius 1 is 1.37 bits per heavy atom. The van der Waals surface area contributed by atoms with Gasteiger partial charge in [-0.2, -0.15) is 0 Å². The maximum absolute atomic E-state index is 11.8. The quantitative estimate of drug-likeness (QED) is 0.782. The molecule has 0 spiro atoms. The molecule has 0 bridgehead atoms. The van der Waals surface area contributed by atoms with E-state index in [2.05, 4.69) is 15.6 Å². The molecule has 1 fully saturated rings. The van der Waals surface area contributed by atoms with Gasteiger partial charge in [0.2, 0.25) is 0 Å². The lowest BCUT2D eigenvalue weighted by atomic mass is 10.2. The van der Waals surface area contributed by atoms with Crippen LogP contribution in [0.5, 0.6) is 0 Å². The smallest absolute Gasteiger partial charge is 0.326 e. The number of aromatic nitrogens is 1. The van der Waals surface area contributed by atoms with E-state index in [0.29, 0.717) is 5.13 Å². The first-order valence-electron chi connectivity index (χ1n) is 6.42. The summed E-state index contributed by atoms with van der Waals surface area (Å²) >= 11 is 1.48. The molecule has 2 amide bonds. The van der Waals surface area contributed by atoms with Crippen LogP contribution in [0.25, 0.3) is 0 Å². The fourth-order valence-corrected chi connectivity index (χ4v) is 3.37. The number of carbonyl (C=O) groups excluding carboxylic acids is 1. The van der Waals surface area contributed by atoms with Gasteiger partial charge >= 0.3 is 12.0 Å². The van der Waals surface area contributed by atoms with Crippen molar-refractivity contribution in [2.24, 2.45) is 5.92 Å². The third-order valence-electron chi connectivity index (χ3n) is 3.46. The summed E-state index contributed by atoms with van der Waals surface area (Å²) in [5.74, 6) is -0.899. The summed E-state index contributed by atoms with van der Waals surface area (Å²) in [5, 5.41) is 14.7. The maximum Gasteiger partial charge on any atom is 0.326 e. The number of carbonyl (C=O) groups is 2. The molecule has 1 unspecified atom stereocenters. The molecule has 3 N–H and O–H groups in total. The van der Waals surface area contributed by atoms with E-state index in [1.54, 1.807) is 0 Å². The van der Waals surface area contributed by atoms with Gasteiger partial charge in [-0.15, -0.1) is 11.3 Å². The van der Waals surface area contributed by atoms with E-state index in [1.807, 2.05) is 0 Å². The molecule has 3 rings (SSSR count). The first-order valence-corrected chi connectivity index (χ1v) is 7.24. The highest BCUT2D eigenvalue weighted by Gasteiger charge is 2.37. The molecule has 102 valence electrons. The van der Waals surface area contributed by atoms with Crippen molar-refractivity contribution in [1.29, 1.82) is 0 Å². The monoisotopic (exact) mass is 281 g/mol. The van der Waals surface area contributed by atoms with Crippen LogP contribution in [0.2, 0.25) is 0 Å². The van der Waals surface area contributed by atoms with Crippen LogP contribution in [0.1, 0.15) is 29.8 Å². The Kier molecular flexibility index (Phi) is 3.14. The van der Waals surface area contributed by atoms with Gasteiger partial charge in [0.1, 0.15) is 6.04 Å². The average Bonchev–Trinajstić information content (AvgIpc) is 2.97. The summed E-state index contributed by atoms with van der Waals surface area (Å²) < 4.78 is 0. The maximum atomic E-state index is 11.8. The summed E-state index contributed by atoms with van der Waals surface area (Å²) in [4.78, 5) is 28.4. The van der Waals surface area contributed by atoms with Crippen LogP contribution in [0.15, 0.2) is 0 Å². The number of anilines is 1. The minimum atomic E-state index is -0.973. The van der Waals surface area contributed by atoms with Gasteiger partial charge in [0.25, 0.3) is 0 Å². The van der Waals surface area contributed by atoms with Crippen molar-refractivity contribution < 1.29 is 14.7 Å². The number of carboxylic acid groups (broad SMARTS) is 1. The number of rotatable bonds is 4. The number of amides is 2. The van der Waals surface area contributed by atoms with Crippen molar-refractivity contribution in [3.8, 4) is 0 Å². The molecule has 1 heterocycles. The molecule has 1 saturated carbocycles. The number of nitrogens with zero attached hydrogens (tertiary/aromatic N) is 1. The Balaban J connectivity index is 1.59. The predicted octanol–water partition coefficient (Wildman–Crippen LogP) is 1.62. The number of thiazole rings is 1. The molecule has 1 aromatic heterocycles. The van der Waals surface area contributed by atoms with E-state index in [-0.39, 0.29) is 5.92 Å². The Bertz CT molecular complexity index is 503. The van der Waals surface area contributed by atoms with Crippen molar-refractivity contribution >= 4 is 28.5 Å². The molecule has 2 aliphatic carbocycles. The van der Waals surface area contributed by atoms with E-state index >= 15 is 0 Å². The number of aryl methyl sites for hydroxylation is 2. The first kappa shape index (κ1) is 12.4. The van der Waals surface area contributed by atoms with Gasteiger partial charge in [-0.1, -0.05) is 0 Å². The van der Waals surface area contributed by atoms with Crippen LogP contribution in [0.4, 0.5) is 9.93 Å². The summed E-state index contributed by atoms with van der Waals surface area (Å²) in [6, 6.07) is -1.27. The lowest BCUT2D eigenvalue weighted by Crippen LogP contribution is -2.44. The molecule has 0 aliphatic heterocycles. The second kappa shape index (κ2) is 4.80. The normalized spacial score (nSPS) is 18.7. The van der Waals surface area contributed by atoms with E-state index in [1.165, 1.54) is 16.2 Å². The van der Waals surface area contributed by atoms with Gasteiger partial charge < -0.3 is 10.4 Å². The van der Waals surface area contributed by atoms with E-state index < -0.39 is 18.0 Å². The van der Waals surface area contributed by atoms with E-state index in [4.69, 9.17) is 5.11 Å². The molecule has 19 heavy (non-hydrogen) atoms. The molecule has 0 radical (unpaired) electrons. The van der Waals surface area contributed by atoms with Crippen LogP contribution in [0, 0.1) is 5.92 Å². The van der Waals surface area contributed by atoms with Crippen molar-refractivity contribution in [3.05, 3.63) is 10.6 Å². The van der Waals surface area contributed by atoms with Crippen LogP contribution >= 0.6 is 11.3 Å². The summed E-state index contributed by atoms with van der Waals surface area (Å²) in [6.45, 7) is 0. The fourth-order valence-electron chi connectivity index (χ4n) is 2.33. The Morgan fingerprint density at radius 2 is 2.16 bits per heavy atom. The highest BCUT2D eigenvalue weighted by molar-refractivity contribution is 7.15. The van der Waals surface area contributed by atoms with Crippen LogP contribution in [0.3, 0.4) is 0 Å². The summed E-state index contributed by atoms with van der Waals surface area (Å²) in [6.07, 6.45) is 4.85. The number of urea groups is 1. The van der Waals surface area contributed by atoms with Gasteiger partial charge in [0.15, 0.2) is 5.13 Å². The number of hydrogen-bond acceptors (Lipinski definition) is 4. The van der Waals surface area contributed by atoms with Crippen molar-refractivity contribution in [2.45, 2.75) is 38.1 Å². The number of fused-ring (bicyclic) bond motifs is 1. The number of aliphatic carboxylic acids is 1. The van der Waals surface area contributed by atoms with Gasteiger partial charge in [-0.25, -0.2) is 14.6 Å². The molecule has 0 saturated heterocycles. The van der Waals surface area contributed by atoms with Crippen LogP contribution in [-0.4, -0.2) is 28.1 Å². The lowest BCUT2D eigenvalue weighted by molar-refractivity contribution is -0.139. The topological polar surface area (TPSA) is 91.3 Å². The zero-order valence-corrected chi connectivity index (χ0v) is 11.1.